The maximum Gasteiger partial charge on any atom is 0.325 e. The van der Waals surface area contributed by atoms with Crippen molar-refractivity contribution < 1.29 is 28.7 Å². The van der Waals surface area contributed by atoms with Gasteiger partial charge in [-0.25, -0.2) is 9.98 Å². The third-order valence-electron chi connectivity index (χ3n) is 6.92. The van der Waals surface area contributed by atoms with Gasteiger partial charge in [-0.3, -0.25) is 29.4 Å². The van der Waals surface area contributed by atoms with Crippen molar-refractivity contribution in [2.24, 2.45) is 32.9 Å². The second-order valence-electron chi connectivity index (χ2n) is 10.1. The standard InChI is InChI=1S/C29H38N10O6/c1-3-45-23(41)17-38-15-16-39(37-25(43)20-7-11-22(12-8-20)36-28(32)33)29(18(2)40,26(38)44)13-4-14-34-24(42)19-5-9-21(10-6-19)35-27(30)31/h5-12H,3-4,13-17H2,1-2H3,(H,34,42)(H,37,43)(H4,30,31,35)(H4,32,33,36)/t29-/m0/s1. The largest absolute Gasteiger partial charge is 0.465 e. The maximum absolute atomic E-state index is 13.9. The minimum absolute atomic E-state index is 0.0387. The molecule has 0 aromatic heterocycles. The van der Waals surface area contributed by atoms with Gasteiger partial charge in [0.05, 0.1) is 18.0 Å². The van der Waals surface area contributed by atoms with Crippen molar-refractivity contribution in [3.05, 3.63) is 59.7 Å². The first-order chi connectivity index (χ1) is 21.4. The number of ketones is 1. The van der Waals surface area contributed by atoms with Gasteiger partial charge in [-0.1, -0.05) is 0 Å². The highest BCUT2D eigenvalue weighted by atomic mass is 16.5. The smallest absolute Gasteiger partial charge is 0.325 e. The molecule has 1 saturated heterocycles. The fourth-order valence-electron chi connectivity index (χ4n) is 4.82. The number of amides is 3. The molecule has 0 unspecified atom stereocenters. The van der Waals surface area contributed by atoms with Crippen LogP contribution in [-0.4, -0.2) is 89.6 Å². The highest BCUT2D eigenvalue weighted by molar-refractivity contribution is 6.11. The number of ether oxygens (including phenoxy) is 1. The lowest BCUT2D eigenvalue weighted by molar-refractivity contribution is -0.166. The molecule has 1 atom stereocenters. The van der Waals surface area contributed by atoms with Crippen molar-refractivity contribution in [1.29, 1.82) is 0 Å². The van der Waals surface area contributed by atoms with Gasteiger partial charge in [0, 0.05) is 30.8 Å². The van der Waals surface area contributed by atoms with Gasteiger partial charge in [0.15, 0.2) is 23.2 Å². The molecule has 0 aliphatic carbocycles. The summed E-state index contributed by atoms with van der Waals surface area (Å²) >= 11 is 0. The first-order valence-corrected chi connectivity index (χ1v) is 14.1. The zero-order valence-corrected chi connectivity index (χ0v) is 25.1. The molecule has 240 valence electrons. The van der Waals surface area contributed by atoms with Gasteiger partial charge >= 0.3 is 5.97 Å². The lowest BCUT2D eigenvalue weighted by Gasteiger charge is -2.47. The van der Waals surface area contributed by atoms with Gasteiger partial charge < -0.3 is 37.9 Å². The van der Waals surface area contributed by atoms with E-state index >= 15 is 0 Å². The minimum atomic E-state index is -1.86. The quantitative estimate of drug-likeness (QED) is 0.0540. The number of aliphatic imine (C=N–C) groups is 2. The highest BCUT2D eigenvalue weighted by Gasteiger charge is 2.54. The summed E-state index contributed by atoms with van der Waals surface area (Å²) in [6.07, 6.45) is 0.101. The van der Waals surface area contributed by atoms with Crippen LogP contribution in [0.1, 0.15) is 47.4 Å². The Kier molecular flexibility index (Phi) is 11.5. The zero-order valence-electron chi connectivity index (χ0n) is 25.1. The average molecular weight is 623 g/mol. The van der Waals surface area contributed by atoms with Crippen LogP contribution in [0.25, 0.3) is 0 Å². The molecule has 0 saturated carbocycles. The Hall–Kier alpha value is -5.51. The Balaban J connectivity index is 1.79. The van der Waals surface area contributed by atoms with E-state index in [1.165, 1.54) is 41.1 Å². The average Bonchev–Trinajstić information content (AvgIpc) is 2.98. The van der Waals surface area contributed by atoms with E-state index in [4.69, 9.17) is 27.7 Å². The monoisotopic (exact) mass is 622 g/mol. The Morgan fingerprint density at radius 1 is 0.867 bits per heavy atom. The summed E-state index contributed by atoms with van der Waals surface area (Å²) in [4.78, 5) is 74.5. The molecule has 10 N–H and O–H groups in total. The first-order valence-electron chi connectivity index (χ1n) is 14.1. The molecule has 1 heterocycles. The van der Waals surface area contributed by atoms with Gasteiger partial charge in [-0.05, 0) is 75.2 Å². The van der Waals surface area contributed by atoms with E-state index < -0.39 is 35.0 Å². The lowest BCUT2D eigenvalue weighted by Crippen LogP contribution is -2.73. The van der Waals surface area contributed by atoms with Crippen LogP contribution in [-0.2, 0) is 19.1 Å². The molecule has 0 radical (unpaired) electrons. The van der Waals surface area contributed by atoms with Crippen molar-refractivity contribution in [2.45, 2.75) is 32.2 Å². The van der Waals surface area contributed by atoms with Gasteiger partial charge in [-0.15, -0.1) is 0 Å². The second-order valence-corrected chi connectivity index (χ2v) is 10.1. The number of hydrogen-bond acceptors (Lipinski definition) is 9. The van der Waals surface area contributed by atoms with Gasteiger partial charge in [0.1, 0.15) is 6.54 Å². The molecular formula is C29H38N10O6. The number of carbonyl (C=O) groups excluding carboxylic acids is 5. The number of hydrogen-bond donors (Lipinski definition) is 6. The summed E-state index contributed by atoms with van der Waals surface area (Å²) in [7, 11) is 0. The van der Waals surface area contributed by atoms with E-state index in [1.807, 2.05) is 0 Å². The Morgan fingerprint density at radius 2 is 1.40 bits per heavy atom. The number of nitrogens with zero attached hydrogens (tertiary/aromatic N) is 4. The SMILES string of the molecule is CCOC(=O)CN1CCN(NC(=O)c2ccc(N=C(N)N)cc2)[C@@](CCCNC(=O)c2ccc(N=C(N)N)cc2)(C(C)=O)C1=O. The second kappa shape index (κ2) is 15.3. The number of rotatable bonds is 13. The van der Waals surface area contributed by atoms with E-state index in [0.29, 0.717) is 16.9 Å². The summed E-state index contributed by atoms with van der Waals surface area (Å²) in [5.74, 6) is -3.08. The summed E-state index contributed by atoms with van der Waals surface area (Å²) in [5.41, 5.74) is 23.9. The number of esters is 1. The molecule has 2 aromatic carbocycles. The fourth-order valence-corrected chi connectivity index (χ4v) is 4.82. The van der Waals surface area contributed by atoms with E-state index in [1.54, 1.807) is 31.2 Å². The highest BCUT2D eigenvalue weighted by Crippen LogP contribution is 2.29. The van der Waals surface area contributed by atoms with Crippen LogP contribution in [0.2, 0.25) is 0 Å². The van der Waals surface area contributed by atoms with E-state index in [-0.39, 0.29) is 63.1 Å². The molecule has 2 aromatic rings. The van der Waals surface area contributed by atoms with E-state index in [2.05, 4.69) is 20.7 Å². The number of nitrogens with one attached hydrogen (secondary N) is 2. The van der Waals surface area contributed by atoms with Crippen LogP contribution in [0.5, 0.6) is 0 Å². The normalized spacial score (nSPS) is 16.3. The first kappa shape index (κ1) is 34.0. The van der Waals surface area contributed by atoms with Gasteiger partial charge in [0.2, 0.25) is 0 Å². The molecule has 45 heavy (non-hydrogen) atoms. The van der Waals surface area contributed by atoms with Crippen LogP contribution >= 0.6 is 0 Å². The summed E-state index contributed by atoms with van der Waals surface area (Å²) in [6.45, 7) is 2.83. The number of carbonyl (C=O) groups is 5. The molecule has 3 rings (SSSR count). The van der Waals surface area contributed by atoms with Crippen molar-refractivity contribution in [3.63, 3.8) is 0 Å². The maximum atomic E-state index is 13.9. The van der Waals surface area contributed by atoms with Crippen LogP contribution in [0.3, 0.4) is 0 Å². The van der Waals surface area contributed by atoms with Crippen LogP contribution in [0.4, 0.5) is 11.4 Å². The molecule has 16 nitrogen and oxygen atoms in total. The minimum Gasteiger partial charge on any atom is -0.465 e. The van der Waals surface area contributed by atoms with Crippen molar-refractivity contribution in [3.8, 4) is 0 Å². The summed E-state index contributed by atoms with van der Waals surface area (Å²) in [5, 5.41) is 4.06. The number of nitrogens with two attached hydrogens (primary N) is 4. The number of benzene rings is 2. The fraction of sp³-hybridized carbons (Fsp3) is 0.345. The third kappa shape index (κ3) is 8.76. The predicted octanol–water partition coefficient (Wildman–Crippen LogP) is -0.613. The summed E-state index contributed by atoms with van der Waals surface area (Å²) < 4.78 is 5.00. The van der Waals surface area contributed by atoms with Crippen molar-refractivity contribution >= 4 is 52.8 Å². The number of piperazine rings is 1. The van der Waals surface area contributed by atoms with Crippen LogP contribution in [0.15, 0.2) is 58.5 Å². The number of guanidine groups is 2. The Bertz CT molecular complexity index is 1470. The molecule has 3 amide bonds. The Morgan fingerprint density at radius 3 is 1.89 bits per heavy atom. The van der Waals surface area contributed by atoms with Crippen LogP contribution in [0, 0.1) is 0 Å². The Labute approximate surface area is 259 Å². The van der Waals surface area contributed by atoms with E-state index in [9.17, 15) is 24.0 Å². The van der Waals surface area contributed by atoms with Crippen LogP contribution < -0.4 is 33.7 Å². The molecule has 1 aliphatic heterocycles. The molecule has 1 fully saturated rings. The van der Waals surface area contributed by atoms with Gasteiger partial charge in [0.25, 0.3) is 17.7 Å². The number of hydrazine groups is 1. The predicted molar refractivity (Wildman–Crippen MR) is 166 cm³/mol. The molecule has 0 bridgehead atoms. The van der Waals surface area contributed by atoms with Crippen molar-refractivity contribution in [2.75, 3.05) is 32.8 Å². The number of Topliss-reactive ketones (excluding diaryl/α,β-unsaturated/α-hetero) is 1. The molecule has 1 aliphatic rings. The van der Waals surface area contributed by atoms with E-state index in [0.717, 1.165) is 0 Å². The van der Waals surface area contributed by atoms with Gasteiger partial charge in [-0.2, -0.15) is 5.01 Å². The lowest BCUT2D eigenvalue weighted by atomic mass is 9.84. The van der Waals surface area contributed by atoms with Crippen molar-refractivity contribution in [1.82, 2.24) is 20.7 Å². The summed E-state index contributed by atoms with van der Waals surface area (Å²) in [6, 6.07) is 12.3. The topological polar surface area (TPSA) is 254 Å². The zero-order chi connectivity index (χ0) is 33.1. The molecule has 16 heteroatoms. The molecular weight excluding hydrogens is 584 g/mol. The third-order valence-corrected chi connectivity index (χ3v) is 6.92. The molecule has 0 spiro atoms.